The van der Waals surface area contributed by atoms with E-state index in [-0.39, 0.29) is 17.6 Å². The smallest absolute Gasteiger partial charge is 0.321 e. The minimum atomic E-state index is -0.443. The molecule has 1 saturated heterocycles. The minimum Gasteiger partial charge on any atom is -0.366 e. The number of carbonyl (C=O) groups excluding carboxylic acids is 2. The average Bonchev–Trinajstić information content (AvgIpc) is 2.63. The van der Waals surface area contributed by atoms with Crippen LogP contribution in [0.5, 0.6) is 0 Å². The van der Waals surface area contributed by atoms with Crippen molar-refractivity contribution >= 4 is 23.2 Å². The number of halogens is 2. The van der Waals surface area contributed by atoms with Gasteiger partial charge in [0.15, 0.2) is 5.78 Å². The predicted octanol–water partition coefficient (Wildman–Crippen LogP) is 3.52. The summed E-state index contributed by atoms with van der Waals surface area (Å²) in [5.74, 6) is -0.992. The van der Waals surface area contributed by atoms with Crippen molar-refractivity contribution in [2.24, 2.45) is 0 Å². The third-order valence-corrected chi connectivity index (χ3v) is 4.36. The number of hydrogen-bond donors (Lipinski definition) is 1. The monoisotopic (exact) mass is 359 g/mol. The lowest BCUT2D eigenvalue weighted by Crippen LogP contribution is -2.50. The molecule has 1 aliphatic heterocycles. The van der Waals surface area contributed by atoms with Crippen LogP contribution in [-0.2, 0) is 0 Å². The summed E-state index contributed by atoms with van der Waals surface area (Å²) >= 11 is 0. The second-order valence-electron chi connectivity index (χ2n) is 6.13. The number of nitrogens with one attached hydrogen (secondary N) is 1. The van der Waals surface area contributed by atoms with E-state index >= 15 is 0 Å². The summed E-state index contributed by atoms with van der Waals surface area (Å²) in [5.41, 5.74) is 1.28. The molecule has 0 spiro atoms. The molecule has 5 nitrogen and oxygen atoms in total. The van der Waals surface area contributed by atoms with E-state index in [0.29, 0.717) is 43.1 Å². The highest BCUT2D eigenvalue weighted by atomic mass is 19.1. The molecule has 2 amide bonds. The van der Waals surface area contributed by atoms with Crippen molar-refractivity contribution in [3.8, 4) is 0 Å². The van der Waals surface area contributed by atoms with Crippen LogP contribution in [0.25, 0.3) is 0 Å². The molecule has 1 aliphatic rings. The highest BCUT2D eigenvalue weighted by molar-refractivity contribution is 5.94. The van der Waals surface area contributed by atoms with E-state index < -0.39 is 5.82 Å². The molecule has 2 aromatic carbocycles. The second kappa shape index (κ2) is 7.51. The first-order chi connectivity index (χ1) is 12.4. The van der Waals surface area contributed by atoms with Gasteiger partial charge in [-0.25, -0.2) is 13.6 Å². The zero-order valence-electron chi connectivity index (χ0n) is 14.3. The Morgan fingerprint density at radius 3 is 2.19 bits per heavy atom. The molecule has 0 saturated carbocycles. The van der Waals surface area contributed by atoms with Gasteiger partial charge in [0.25, 0.3) is 0 Å². The number of benzene rings is 2. The van der Waals surface area contributed by atoms with Gasteiger partial charge < -0.3 is 15.1 Å². The molecule has 0 bridgehead atoms. The number of carbonyl (C=O) groups is 2. The SMILES string of the molecule is CC(=O)c1ccc(N2CCN(C(=O)Nc3ccc(F)cc3)CC2)c(F)c1. The van der Waals surface area contributed by atoms with Crippen LogP contribution in [0.3, 0.4) is 0 Å². The van der Waals surface area contributed by atoms with Gasteiger partial charge in [0, 0.05) is 37.4 Å². The van der Waals surface area contributed by atoms with Gasteiger partial charge in [0.2, 0.25) is 0 Å². The lowest BCUT2D eigenvalue weighted by atomic mass is 10.1. The number of nitrogens with zero attached hydrogens (tertiary/aromatic N) is 2. The first kappa shape index (κ1) is 17.8. The van der Waals surface area contributed by atoms with Crippen molar-refractivity contribution in [2.45, 2.75) is 6.92 Å². The van der Waals surface area contributed by atoms with Gasteiger partial charge in [0.05, 0.1) is 5.69 Å². The maximum absolute atomic E-state index is 14.3. The fourth-order valence-electron chi connectivity index (χ4n) is 2.87. The van der Waals surface area contributed by atoms with Crippen LogP contribution >= 0.6 is 0 Å². The molecule has 3 rings (SSSR count). The van der Waals surface area contributed by atoms with Gasteiger partial charge in [-0.05, 0) is 49.4 Å². The number of anilines is 2. The third-order valence-electron chi connectivity index (χ3n) is 4.36. The van der Waals surface area contributed by atoms with Crippen LogP contribution in [-0.4, -0.2) is 42.9 Å². The maximum atomic E-state index is 14.3. The number of ketones is 1. The fourth-order valence-corrected chi connectivity index (χ4v) is 2.87. The molecule has 0 aromatic heterocycles. The lowest BCUT2D eigenvalue weighted by molar-refractivity contribution is 0.101. The maximum Gasteiger partial charge on any atom is 0.321 e. The molecule has 136 valence electrons. The average molecular weight is 359 g/mol. The zero-order chi connectivity index (χ0) is 18.7. The summed E-state index contributed by atoms with van der Waals surface area (Å²) < 4.78 is 27.2. The van der Waals surface area contributed by atoms with Crippen LogP contribution in [0.4, 0.5) is 25.0 Å². The van der Waals surface area contributed by atoms with E-state index in [1.54, 1.807) is 17.0 Å². The molecular formula is C19H19F2N3O2. The van der Waals surface area contributed by atoms with E-state index in [0.717, 1.165) is 0 Å². The lowest BCUT2D eigenvalue weighted by Gasteiger charge is -2.36. The summed E-state index contributed by atoms with van der Waals surface area (Å²) in [6.45, 7) is 3.22. The molecule has 26 heavy (non-hydrogen) atoms. The Morgan fingerprint density at radius 2 is 1.62 bits per heavy atom. The Balaban J connectivity index is 1.59. The number of Topliss-reactive ketones (excluding diaryl/α,β-unsaturated/α-hetero) is 1. The Bertz CT molecular complexity index is 816. The van der Waals surface area contributed by atoms with Crippen molar-refractivity contribution in [1.82, 2.24) is 4.90 Å². The summed E-state index contributed by atoms with van der Waals surface area (Å²) in [7, 11) is 0. The summed E-state index contributed by atoms with van der Waals surface area (Å²) in [4.78, 5) is 27.1. The minimum absolute atomic E-state index is 0.183. The van der Waals surface area contributed by atoms with E-state index in [1.807, 2.05) is 4.90 Å². The number of piperazine rings is 1. The molecular weight excluding hydrogens is 340 g/mol. The first-order valence-corrected chi connectivity index (χ1v) is 8.31. The normalized spacial score (nSPS) is 14.3. The van der Waals surface area contributed by atoms with Crippen LogP contribution < -0.4 is 10.2 Å². The quantitative estimate of drug-likeness (QED) is 0.853. The van der Waals surface area contributed by atoms with Crippen molar-refractivity contribution in [3.63, 3.8) is 0 Å². The van der Waals surface area contributed by atoms with Crippen molar-refractivity contribution in [2.75, 3.05) is 36.4 Å². The van der Waals surface area contributed by atoms with E-state index in [1.165, 1.54) is 37.3 Å². The van der Waals surface area contributed by atoms with Gasteiger partial charge in [-0.2, -0.15) is 0 Å². The molecule has 0 aliphatic carbocycles. The third kappa shape index (κ3) is 3.99. The number of urea groups is 1. The molecule has 0 radical (unpaired) electrons. The summed E-state index contributed by atoms with van der Waals surface area (Å²) in [6.07, 6.45) is 0. The van der Waals surface area contributed by atoms with Crippen LogP contribution in [0.2, 0.25) is 0 Å². The molecule has 1 N–H and O–H groups in total. The van der Waals surface area contributed by atoms with E-state index in [9.17, 15) is 18.4 Å². The molecule has 0 unspecified atom stereocenters. The van der Waals surface area contributed by atoms with Crippen molar-refractivity contribution in [1.29, 1.82) is 0 Å². The van der Waals surface area contributed by atoms with Crippen LogP contribution in [0.15, 0.2) is 42.5 Å². The van der Waals surface area contributed by atoms with Gasteiger partial charge in [-0.3, -0.25) is 4.79 Å². The first-order valence-electron chi connectivity index (χ1n) is 8.31. The van der Waals surface area contributed by atoms with E-state index in [4.69, 9.17) is 0 Å². The highest BCUT2D eigenvalue weighted by Crippen LogP contribution is 2.22. The van der Waals surface area contributed by atoms with E-state index in [2.05, 4.69) is 5.32 Å². The van der Waals surface area contributed by atoms with Gasteiger partial charge in [-0.15, -0.1) is 0 Å². The number of rotatable bonds is 3. The topological polar surface area (TPSA) is 52.7 Å². The number of hydrogen-bond acceptors (Lipinski definition) is 3. The Labute approximate surface area is 150 Å². The molecule has 1 heterocycles. The van der Waals surface area contributed by atoms with Gasteiger partial charge >= 0.3 is 6.03 Å². The standard InChI is InChI=1S/C19H19F2N3O2/c1-13(25)14-2-7-18(17(21)12-14)23-8-10-24(11-9-23)19(26)22-16-5-3-15(20)4-6-16/h2-7,12H,8-11H2,1H3,(H,22,26). The Hall–Kier alpha value is -2.96. The van der Waals surface area contributed by atoms with Crippen LogP contribution in [0.1, 0.15) is 17.3 Å². The second-order valence-corrected chi connectivity index (χ2v) is 6.13. The van der Waals surface area contributed by atoms with Crippen LogP contribution in [0, 0.1) is 11.6 Å². The molecule has 2 aromatic rings. The van der Waals surface area contributed by atoms with Crippen molar-refractivity contribution in [3.05, 3.63) is 59.7 Å². The Morgan fingerprint density at radius 1 is 0.962 bits per heavy atom. The number of amides is 2. The fraction of sp³-hybridized carbons (Fsp3) is 0.263. The predicted molar refractivity (Wildman–Crippen MR) is 95.6 cm³/mol. The van der Waals surface area contributed by atoms with Crippen molar-refractivity contribution < 1.29 is 18.4 Å². The largest absolute Gasteiger partial charge is 0.366 e. The van der Waals surface area contributed by atoms with Gasteiger partial charge in [-0.1, -0.05) is 0 Å². The Kier molecular flexibility index (Phi) is 5.16. The molecule has 0 atom stereocenters. The molecule has 7 heteroatoms. The summed E-state index contributed by atoms with van der Waals surface area (Å²) in [6, 6.07) is 9.72. The zero-order valence-corrected chi connectivity index (χ0v) is 14.3. The van der Waals surface area contributed by atoms with Gasteiger partial charge in [0.1, 0.15) is 11.6 Å². The summed E-state index contributed by atoms with van der Waals surface area (Å²) in [5, 5.41) is 2.72. The highest BCUT2D eigenvalue weighted by Gasteiger charge is 2.23. The molecule has 1 fully saturated rings.